The summed E-state index contributed by atoms with van der Waals surface area (Å²) in [4.78, 5) is 33.8. The molecular formula is C18H15FN2O5. The zero-order chi connectivity index (χ0) is 19.1. The van der Waals surface area contributed by atoms with E-state index in [1.165, 1.54) is 49.4 Å². The highest BCUT2D eigenvalue weighted by Gasteiger charge is 2.15. The third-order valence-corrected chi connectivity index (χ3v) is 3.43. The lowest BCUT2D eigenvalue weighted by Gasteiger charge is -2.08. The highest BCUT2D eigenvalue weighted by Crippen LogP contribution is 2.24. The Hall–Kier alpha value is -3.55. The molecule has 0 aliphatic heterocycles. The first kappa shape index (κ1) is 18.8. The van der Waals surface area contributed by atoms with Crippen LogP contribution in [-0.2, 0) is 14.3 Å². The molecule has 0 aliphatic rings. The quantitative estimate of drug-likeness (QED) is 0.370. The molecule has 0 saturated heterocycles. The summed E-state index contributed by atoms with van der Waals surface area (Å²) in [6.45, 7) is 0.916. The zero-order valence-corrected chi connectivity index (χ0v) is 13.8. The fourth-order valence-corrected chi connectivity index (χ4v) is 2.10. The van der Waals surface area contributed by atoms with Crippen molar-refractivity contribution in [1.29, 1.82) is 0 Å². The summed E-state index contributed by atoms with van der Waals surface area (Å²) in [6.07, 6.45) is 2.24. The van der Waals surface area contributed by atoms with Gasteiger partial charge in [0.1, 0.15) is 5.82 Å². The minimum Gasteiger partial charge on any atom is -0.452 e. The van der Waals surface area contributed by atoms with Crippen LogP contribution in [0.5, 0.6) is 0 Å². The van der Waals surface area contributed by atoms with Gasteiger partial charge in [-0.05, 0) is 25.1 Å². The van der Waals surface area contributed by atoms with Gasteiger partial charge >= 0.3 is 5.97 Å². The molecule has 2 aromatic carbocycles. The number of anilines is 1. The lowest BCUT2D eigenvalue weighted by molar-refractivity contribution is -0.385. The molecule has 0 aliphatic carbocycles. The first-order chi connectivity index (χ1) is 12.4. The maximum Gasteiger partial charge on any atom is 0.331 e. The molecule has 0 atom stereocenters. The van der Waals surface area contributed by atoms with Gasteiger partial charge in [-0.3, -0.25) is 14.9 Å². The summed E-state index contributed by atoms with van der Waals surface area (Å²) in [5.41, 5.74) is 0.618. The van der Waals surface area contributed by atoms with Crippen molar-refractivity contribution >= 4 is 29.3 Å². The summed E-state index contributed by atoms with van der Waals surface area (Å²) in [5, 5.41) is 13.3. The monoisotopic (exact) mass is 358 g/mol. The number of nitro benzene ring substituents is 1. The smallest absolute Gasteiger partial charge is 0.331 e. The zero-order valence-electron chi connectivity index (χ0n) is 13.8. The number of carbonyl (C=O) groups is 2. The van der Waals surface area contributed by atoms with Crippen LogP contribution < -0.4 is 5.32 Å². The molecule has 0 saturated carbocycles. The predicted molar refractivity (Wildman–Crippen MR) is 92.9 cm³/mol. The lowest BCUT2D eigenvalue weighted by atomic mass is 10.1. The minimum atomic E-state index is -0.820. The highest BCUT2D eigenvalue weighted by atomic mass is 19.1. The Labute approximate surface area is 148 Å². The molecule has 0 bridgehead atoms. The molecule has 8 heteroatoms. The largest absolute Gasteiger partial charge is 0.452 e. The number of ether oxygens (including phenoxy) is 1. The highest BCUT2D eigenvalue weighted by molar-refractivity contribution is 5.95. The second kappa shape index (κ2) is 8.52. The van der Waals surface area contributed by atoms with Crippen LogP contribution in [0.2, 0.25) is 0 Å². The fourth-order valence-electron chi connectivity index (χ4n) is 2.10. The number of nitrogens with zero attached hydrogens (tertiary/aromatic N) is 1. The summed E-state index contributed by atoms with van der Waals surface area (Å²) < 4.78 is 18.2. The van der Waals surface area contributed by atoms with Crippen molar-refractivity contribution in [3.8, 4) is 0 Å². The number of benzene rings is 2. The third-order valence-electron chi connectivity index (χ3n) is 3.43. The number of hydrogen-bond acceptors (Lipinski definition) is 5. The van der Waals surface area contributed by atoms with Gasteiger partial charge < -0.3 is 10.1 Å². The van der Waals surface area contributed by atoms with Crippen LogP contribution in [0.1, 0.15) is 11.1 Å². The molecule has 2 rings (SSSR count). The van der Waals surface area contributed by atoms with E-state index in [0.717, 1.165) is 6.08 Å². The third kappa shape index (κ3) is 4.97. The number of esters is 1. The Bertz CT molecular complexity index is 880. The molecule has 0 unspecified atom stereocenters. The lowest BCUT2D eigenvalue weighted by Crippen LogP contribution is -2.20. The number of hydrogen-bond donors (Lipinski definition) is 1. The second-order valence-electron chi connectivity index (χ2n) is 5.22. The fraction of sp³-hybridized carbons (Fsp3) is 0.111. The van der Waals surface area contributed by atoms with Gasteiger partial charge in [0.2, 0.25) is 0 Å². The Morgan fingerprint density at radius 2 is 1.96 bits per heavy atom. The van der Waals surface area contributed by atoms with Gasteiger partial charge in [-0.2, -0.15) is 0 Å². The number of carbonyl (C=O) groups excluding carboxylic acids is 2. The molecule has 0 heterocycles. The van der Waals surface area contributed by atoms with Crippen LogP contribution in [0.3, 0.4) is 0 Å². The molecule has 1 N–H and O–H groups in total. The van der Waals surface area contributed by atoms with Gasteiger partial charge in [0, 0.05) is 17.7 Å². The number of nitrogens with one attached hydrogen (secondary N) is 1. The maximum atomic E-state index is 13.4. The van der Waals surface area contributed by atoms with Crippen LogP contribution in [0.25, 0.3) is 6.08 Å². The summed E-state index contributed by atoms with van der Waals surface area (Å²) in [7, 11) is 0. The number of nitro groups is 1. The predicted octanol–water partition coefficient (Wildman–Crippen LogP) is 3.24. The summed E-state index contributed by atoms with van der Waals surface area (Å²) >= 11 is 0. The van der Waals surface area contributed by atoms with Crippen molar-refractivity contribution < 1.29 is 23.6 Å². The van der Waals surface area contributed by atoms with Crippen LogP contribution in [0.15, 0.2) is 48.5 Å². The van der Waals surface area contributed by atoms with Crippen molar-refractivity contribution in [2.24, 2.45) is 0 Å². The van der Waals surface area contributed by atoms with Crippen molar-refractivity contribution in [3.05, 3.63) is 75.6 Å². The molecule has 0 aromatic heterocycles. The molecular weight excluding hydrogens is 343 g/mol. The molecule has 2 aromatic rings. The second-order valence-corrected chi connectivity index (χ2v) is 5.22. The van der Waals surface area contributed by atoms with E-state index in [-0.39, 0.29) is 22.5 Å². The van der Waals surface area contributed by atoms with Gasteiger partial charge in [-0.1, -0.05) is 24.3 Å². The van der Waals surface area contributed by atoms with E-state index in [1.807, 2.05) is 0 Å². The normalized spacial score (nSPS) is 10.5. The first-order valence-corrected chi connectivity index (χ1v) is 7.51. The Morgan fingerprint density at radius 1 is 1.23 bits per heavy atom. The standard InChI is InChI=1S/C18H15FN2O5/c1-12-15(7-4-8-16(12)21(24)25)20-17(22)11-26-18(23)10-9-13-5-2-3-6-14(13)19/h2-10H,11H2,1H3,(H,20,22)/b10-9+. The van der Waals surface area contributed by atoms with Crippen LogP contribution >= 0.6 is 0 Å². The van der Waals surface area contributed by atoms with Crippen LogP contribution in [-0.4, -0.2) is 23.4 Å². The Balaban J connectivity index is 1.91. The van der Waals surface area contributed by atoms with E-state index in [9.17, 15) is 24.1 Å². The van der Waals surface area contributed by atoms with Gasteiger partial charge in [-0.25, -0.2) is 9.18 Å². The summed E-state index contributed by atoms with van der Waals surface area (Å²) in [5.74, 6) is -1.96. The van der Waals surface area contributed by atoms with Gasteiger partial charge in [0.05, 0.1) is 16.2 Å². The van der Waals surface area contributed by atoms with Crippen LogP contribution in [0.4, 0.5) is 15.8 Å². The first-order valence-electron chi connectivity index (χ1n) is 7.51. The number of rotatable bonds is 6. The van der Waals surface area contributed by atoms with Gasteiger partial charge in [-0.15, -0.1) is 0 Å². The molecule has 26 heavy (non-hydrogen) atoms. The average molecular weight is 358 g/mol. The van der Waals surface area contributed by atoms with Crippen molar-refractivity contribution in [2.75, 3.05) is 11.9 Å². The molecule has 134 valence electrons. The molecule has 1 amide bonds. The van der Waals surface area contributed by atoms with E-state index in [4.69, 9.17) is 4.74 Å². The SMILES string of the molecule is Cc1c(NC(=O)COC(=O)/C=C/c2ccccc2F)cccc1[N+](=O)[O-]. The maximum absolute atomic E-state index is 13.4. The van der Waals surface area contributed by atoms with Crippen LogP contribution in [0, 0.1) is 22.9 Å². The van der Waals surface area contributed by atoms with E-state index >= 15 is 0 Å². The van der Waals surface area contributed by atoms with E-state index in [2.05, 4.69) is 5.32 Å². The van der Waals surface area contributed by atoms with Crippen molar-refractivity contribution in [2.45, 2.75) is 6.92 Å². The van der Waals surface area contributed by atoms with Crippen molar-refractivity contribution in [1.82, 2.24) is 0 Å². The minimum absolute atomic E-state index is 0.132. The number of amides is 1. The molecule has 0 spiro atoms. The average Bonchev–Trinajstić information content (AvgIpc) is 2.61. The summed E-state index contributed by atoms with van der Waals surface area (Å²) in [6, 6.07) is 10.1. The molecule has 0 radical (unpaired) electrons. The van der Waals surface area contributed by atoms with Gasteiger partial charge in [0.25, 0.3) is 11.6 Å². The van der Waals surface area contributed by atoms with Crippen molar-refractivity contribution in [3.63, 3.8) is 0 Å². The number of halogens is 1. The van der Waals surface area contributed by atoms with E-state index < -0.39 is 29.2 Å². The Morgan fingerprint density at radius 3 is 2.65 bits per heavy atom. The molecule has 0 fully saturated rings. The van der Waals surface area contributed by atoms with Gasteiger partial charge in [0.15, 0.2) is 6.61 Å². The topological polar surface area (TPSA) is 98.5 Å². The molecule has 7 nitrogen and oxygen atoms in total. The van der Waals surface area contributed by atoms with E-state index in [1.54, 1.807) is 6.07 Å². The van der Waals surface area contributed by atoms with E-state index in [0.29, 0.717) is 0 Å². The Kier molecular flexibility index (Phi) is 6.15.